The molecule has 2 fully saturated rings. The zero-order valence-corrected chi connectivity index (χ0v) is 24.1. The van der Waals surface area contributed by atoms with Gasteiger partial charge in [-0.1, -0.05) is 73.4 Å². The van der Waals surface area contributed by atoms with E-state index in [-0.39, 0.29) is 29.5 Å². The number of benzene rings is 2. The number of nitrogens with one attached hydrogen (secondary N) is 4. The van der Waals surface area contributed by atoms with Crippen LogP contribution < -0.4 is 22.1 Å². The maximum absolute atomic E-state index is 14.0. The van der Waals surface area contributed by atoms with Gasteiger partial charge in [-0.05, 0) is 62.0 Å². The van der Waals surface area contributed by atoms with Gasteiger partial charge in [0.15, 0.2) is 5.96 Å². The highest BCUT2D eigenvalue weighted by Gasteiger charge is 2.34. The van der Waals surface area contributed by atoms with Gasteiger partial charge in [0.2, 0.25) is 11.8 Å². The number of likely N-dealkylation sites (tertiary alicyclic amines) is 1. The van der Waals surface area contributed by atoms with Crippen LogP contribution in [-0.2, 0) is 16.0 Å². The Kier molecular flexibility index (Phi) is 10.4. The molecular formula is C32H45N7O2. The molecule has 1 saturated carbocycles. The molecule has 9 nitrogen and oxygen atoms in total. The van der Waals surface area contributed by atoms with Gasteiger partial charge < -0.3 is 27.0 Å². The largest absolute Gasteiger partial charge is 0.384 e. The molecule has 2 aromatic rings. The van der Waals surface area contributed by atoms with E-state index in [4.69, 9.17) is 22.3 Å². The molecule has 1 saturated heterocycles. The summed E-state index contributed by atoms with van der Waals surface area (Å²) in [4.78, 5) is 29.5. The number of nitrogens with two attached hydrogens (primary N) is 2. The second-order valence-corrected chi connectivity index (χ2v) is 11.7. The molecule has 0 aromatic heterocycles. The Hall–Kier alpha value is -3.88. The monoisotopic (exact) mass is 559 g/mol. The highest BCUT2D eigenvalue weighted by Crippen LogP contribution is 2.29. The zero-order chi connectivity index (χ0) is 29.4. The van der Waals surface area contributed by atoms with Crippen molar-refractivity contribution in [1.29, 1.82) is 10.8 Å². The number of amides is 2. The molecule has 2 aliphatic rings. The quantitative estimate of drug-likeness (QED) is 0.194. The van der Waals surface area contributed by atoms with Crippen LogP contribution in [0.4, 0.5) is 0 Å². The molecule has 2 aromatic carbocycles. The summed E-state index contributed by atoms with van der Waals surface area (Å²) >= 11 is 0. The van der Waals surface area contributed by atoms with E-state index >= 15 is 0 Å². The van der Waals surface area contributed by atoms with Gasteiger partial charge in [0.1, 0.15) is 11.9 Å². The summed E-state index contributed by atoms with van der Waals surface area (Å²) in [6, 6.07) is 14.9. The van der Waals surface area contributed by atoms with Crippen LogP contribution in [0.25, 0.3) is 0 Å². The molecule has 2 atom stereocenters. The molecule has 41 heavy (non-hydrogen) atoms. The van der Waals surface area contributed by atoms with Gasteiger partial charge in [-0.25, -0.2) is 0 Å². The van der Waals surface area contributed by atoms with E-state index in [2.05, 4.69) is 10.6 Å². The molecule has 220 valence electrons. The number of nitrogens with zero attached hydrogens (tertiary/aromatic N) is 1. The van der Waals surface area contributed by atoms with Crippen molar-refractivity contribution < 1.29 is 9.59 Å². The van der Waals surface area contributed by atoms with Crippen molar-refractivity contribution in [3.8, 4) is 0 Å². The number of hydrogen-bond donors (Lipinski definition) is 6. The Balaban J connectivity index is 1.49. The highest BCUT2D eigenvalue weighted by atomic mass is 16.2. The normalized spacial score (nSPS) is 17.8. The summed E-state index contributed by atoms with van der Waals surface area (Å²) in [6.45, 7) is 4.04. The topological polar surface area (TPSA) is 161 Å². The molecule has 0 unspecified atom stereocenters. The average molecular weight is 560 g/mol. The van der Waals surface area contributed by atoms with Crippen LogP contribution in [0, 0.1) is 29.6 Å². The first kappa shape index (κ1) is 30.1. The number of amidine groups is 1. The minimum absolute atomic E-state index is 0.00937. The van der Waals surface area contributed by atoms with E-state index in [0.717, 1.165) is 74.7 Å². The SMILES string of the molecule is Cc1ccc([C@H](Cc2ccc(C(=N)N)cc2)C(=O)N[C@H](C(=O)NCC2CCN(C(=N)N)CC2)C2CCCCC2)cc1. The summed E-state index contributed by atoms with van der Waals surface area (Å²) in [5.74, 6) is -0.164. The van der Waals surface area contributed by atoms with Crippen molar-refractivity contribution in [1.82, 2.24) is 15.5 Å². The number of aryl methyl sites for hydroxylation is 1. The lowest BCUT2D eigenvalue weighted by Gasteiger charge is -2.34. The fourth-order valence-electron chi connectivity index (χ4n) is 6.07. The fourth-order valence-corrected chi connectivity index (χ4v) is 6.07. The van der Waals surface area contributed by atoms with Crippen LogP contribution in [0.2, 0.25) is 0 Å². The van der Waals surface area contributed by atoms with Crippen LogP contribution in [0.5, 0.6) is 0 Å². The molecule has 1 aliphatic heterocycles. The number of rotatable bonds is 10. The molecule has 4 rings (SSSR count). The third-order valence-electron chi connectivity index (χ3n) is 8.72. The molecule has 9 heteroatoms. The third kappa shape index (κ3) is 8.31. The number of carbonyl (C=O) groups is 2. The van der Waals surface area contributed by atoms with Crippen molar-refractivity contribution >= 4 is 23.6 Å². The lowest BCUT2D eigenvalue weighted by atomic mass is 9.82. The number of carbonyl (C=O) groups excluding carboxylic acids is 2. The van der Waals surface area contributed by atoms with Crippen molar-refractivity contribution in [3.05, 3.63) is 70.8 Å². The Labute approximate surface area is 243 Å². The van der Waals surface area contributed by atoms with E-state index in [1.54, 1.807) is 12.1 Å². The summed E-state index contributed by atoms with van der Waals surface area (Å²) in [5.41, 5.74) is 14.9. The Morgan fingerprint density at radius 1 is 0.902 bits per heavy atom. The lowest BCUT2D eigenvalue weighted by molar-refractivity contribution is -0.131. The standard InChI is InChI=1S/C32H45N7O2/c1-21-7-11-24(12-8-21)27(19-22-9-13-26(14-10-22)29(33)34)30(40)38-28(25-5-3-2-4-6-25)31(41)37-20-23-15-17-39(18-16-23)32(35)36/h7-14,23,25,27-28H,2-6,15-20H2,1H3,(H3,33,34)(H3,35,36)(H,37,41)(H,38,40)/t27-,28-/m0/s1. The predicted molar refractivity (Wildman–Crippen MR) is 163 cm³/mol. The smallest absolute Gasteiger partial charge is 0.242 e. The van der Waals surface area contributed by atoms with Crippen molar-refractivity contribution in [2.75, 3.05) is 19.6 Å². The van der Waals surface area contributed by atoms with Gasteiger partial charge in [0, 0.05) is 25.2 Å². The highest BCUT2D eigenvalue weighted by molar-refractivity contribution is 5.95. The van der Waals surface area contributed by atoms with Crippen LogP contribution in [0.1, 0.15) is 73.1 Å². The molecule has 8 N–H and O–H groups in total. The van der Waals surface area contributed by atoms with Gasteiger partial charge >= 0.3 is 0 Å². The second kappa shape index (κ2) is 14.1. The van der Waals surface area contributed by atoms with E-state index in [1.807, 2.05) is 48.2 Å². The zero-order valence-electron chi connectivity index (χ0n) is 24.1. The second-order valence-electron chi connectivity index (χ2n) is 11.7. The van der Waals surface area contributed by atoms with Gasteiger partial charge in [0.05, 0.1) is 5.92 Å². The lowest BCUT2D eigenvalue weighted by Crippen LogP contribution is -2.53. The molecule has 0 radical (unpaired) electrons. The Bertz CT molecular complexity index is 1200. The summed E-state index contributed by atoms with van der Waals surface area (Å²) in [6.07, 6.45) is 7.37. The molecule has 0 spiro atoms. The summed E-state index contributed by atoms with van der Waals surface area (Å²) in [5, 5.41) is 21.7. The Morgan fingerprint density at radius 2 is 1.54 bits per heavy atom. The van der Waals surface area contributed by atoms with Crippen LogP contribution in [0.3, 0.4) is 0 Å². The average Bonchev–Trinajstić information content (AvgIpc) is 2.98. The van der Waals surface area contributed by atoms with Gasteiger partial charge in [-0.15, -0.1) is 0 Å². The first-order chi connectivity index (χ1) is 19.7. The maximum atomic E-state index is 14.0. The van der Waals surface area contributed by atoms with E-state index in [0.29, 0.717) is 24.4 Å². The van der Waals surface area contributed by atoms with Crippen LogP contribution >= 0.6 is 0 Å². The predicted octanol–water partition coefficient (Wildman–Crippen LogP) is 3.39. The van der Waals surface area contributed by atoms with Crippen molar-refractivity contribution in [3.63, 3.8) is 0 Å². The Morgan fingerprint density at radius 3 is 2.12 bits per heavy atom. The van der Waals surface area contributed by atoms with Crippen LogP contribution in [-0.4, -0.2) is 54.2 Å². The van der Waals surface area contributed by atoms with E-state index in [9.17, 15) is 9.59 Å². The molecule has 0 bridgehead atoms. The van der Waals surface area contributed by atoms with Gasteiger partial charge in [0.25, 0.3) is 0 Å². The van der Waals surface area contributed by atoms with Crippen molar-refractivity contribution in [2.24, 2.45) is 23.3 Å². The number of piperidine rings is 1. The third-order valence-corrected chi connectivity index (χ3v) is 8.72. The number of hydrogen-bond acceptors (Lipinski definition) is 4. The molecular weight excluding hydrogens is 514 g/mol. The summed E-state index contributed by atoms with van der Waals surface area (Å²) < 4.78 is 0. The molecule has 1 heterocycles. The molecule has 2 amide bonds. The fraction of sp³-hybridized carbons (Fsp3) is 0.500. The van der Waals surface area contributed by atoms with E-state index in [1.165, 1.54) is 0 Å². The minimum Gasteiger partial charge on any atom is -0.384 e. The molecule has 1 aliphatic carbocycles. The first-order valence-corrected chi connectivity index (χ1v) is 14.9. The van der Waals surface area contributed by atoms with E-state index < -0.39 is 12.0 Å². The number of nitrogen functional groups attached to an aromatic ring is 1. The number of guanidine groups is 1. The van der Waals surface area contributed by atoms with Crippen LogP contribution in [0.15, 0.2) is 48.5 Å². The summed E-state index contributed by atoms with van der Waals surface area (Å²) in [7, 11) is 0. The van der Waals surface area contributed by atoms with Gasteiger partial charge in [-0.2, -0.15) is 0 Å². The van der Waals surface area contributed by atoms with Gasteiger partial charge in [-0.3, -0.25) is 20.4 Å². The maximum Gasteiger partial charge on any atom is 0.242 e. The minimum atomic E-state index is -0.576. The van der Waals surface area contributed by atoms with Crippen molar-refractivity contribution in [2.45, 2.75) is 70.3 Å². The first-order valence-electron chi connectivity index (χ1n) is 14.9.